The molecule has 0 atom stereocenters. The number of likely N-dealkylation sites (tertiary alicyclic amines) is 2. The molecular formula is C36H36N8O10. The van der Waals surface area contributed by atoms with Crippen LogP contribution in [0.25, 0.3) is 10.8 Å². The third-order valence-corrected chi connectivity index (χ3v) is 8.83. The van der Waals surface area contributed by atoms with Gasteiger partial charge >= 0.3 is 0 Å². The summed E-state index contributed by atoms with van der Waals surface area (Å²) in [5, 5.41) is 1.42. The van der Waals surface area contributed by atoms with Crippen molar-refractivity contribution >= 4 is 58.0 Å². The van der Waals surface area contributed by atoms with Gasteiger partial charge in [0.15, 0.2) is 0 Å². The summed E-state index contributed by atoms with van der Waals surface area (Å²) in [6.07, 6.45) is 9.19. The van der Waals surface area contributed by atoms with Gasteiger partial charge in [0.25, 0.3) is 35.4 Å². The number of amides is 8. The van der Waals surface area contributed by atoms with Crippen LogP contribution in [0.15, 0.2) is 73.3 Å². The van der Waals surface area contributed by atoms with Crippen LogP contribution >= 0.6 is 0 Å². The van der Waals surface area contributed by atoms with Crippen LogP contribution in [0.3, 0.4) is 0 Å². The van der Waals surface area contributed by atoms with E-state index in [1.165, 1.54) is 73.3 Å². The molecular weight excluding hydrogens is 704 g/mol. The fourth-order valence-electron chi connectivity index (χ4n) is 5.98. The summed E-state index contributed by atoms with van der Waals surface area (Å²) >= 11 is 0. The van der Waals surface area contributed by atoms with Crippen molar-refractivity contribution in [3.05, 3.63) is 107 Å². The smallest absolute Gasteiger partial charge is 0.280 e. The van der Waals surface area contributed by atoms with E-state index in [2.05, 4.69) is 20.8 Å². The highest BCUT2D eigenvalue weighted by molar-refractivity contribution is 6.33. The standard InChI is InChI=1S/C26H14N6O6.2C5H9NO.2H2O/c33-21(13-5-9-27-10-6-13)29-31-23(35)15-1-2-16-20-18(4-3-17(19(15)20)25(31)37)26(38)32(24(16)36)30-22(34)14-7-11-28-12-8-14;2*1-6-4-2-3-5(6)7;;/h1-12H,(H,29,33)(H,30,34);2*2-4H2,1H3;2*1H2. The quantitative estimate of drug-likeness (QED) is 0.271. The number of nitrogens with one attached hydrogen (secondary N) is 2. The Balaban J connectivity index is 0.000000340. The van der Waals surface area contributed by atoms with E-state index in [0.717, 1.165) is 38.8 Å². The molecule has 0 spiro atoms. The number of nitrogens with zero attached hydrogens (tertiary/aromatic N) is 6. The normalized spacial score (nSPS) is 15.4. The summed E-state index contributed by atoms with van der Waals surface area (Å²) in [7, 11) is 3.69. The van der Waals surface area contributed by atoms with Crippen LogP contribution in [-0.2, 0) is 9.59 Å². The second-order valence-corrected chi connectivity index (χ2v) is 12.2. The topological polar surface area (TPSA) is 262 Å². The van der Waals surface area contributed by atoms with Crippen molar-refractivity contribution in [1.82, 2.24) is 40.6 Å². The number of hydrogen-bond acceptors (Lipinski definition) is 10. The average molecular weight is 741 g/mol. The van der Waals surface area contributed by atoms with Gasteiger partial charge in [-0.05, 0) is 61.4 Å². The zero-order valence-corrected chi connectivity index (χ0v) is 29.1. The third kappa shape index (κ3) is 7.64. The van der Waals surface area contributed by atoms with Gasteiger partial charge in [-0.2, -0.15) is 10.0 Å². The van der Waals surface area contributed by atoms with E-state index < -0.39 is 35.4 Å². The van der Waals surface area contributed by atoms with E-state index in [4.69, 9.17) is 0 Å². The van der Waals surface area contributed by atoms with Gasteiger partial charge in [0.1, 0.15) is 0 Å². The Morgan fingerprint density at radius 1 is 0.519 bits per heavy atom. The molecule has 18 nitrogen and oxygen atoms in total. The van der Waals surface area contributed by atoms with E-state index in [9.17, 15) is 38.4 Å². The molecule has 2 aromatic heterocycles. The number of imide groups is 2. The number of benzene rings is 2. The molecule has 4 aliphatic heterocycles. The van der Waals surface area contributed by atoms with Crippen molar-refractivity contribution in [3.63, 3.8) is 0 Å². The number of aromatic nitrogens is 2. The Morgan fingerprint density at radius 2 is 0.815 bits per heavy atom. The number of carbonyl (C=O) groups excluding carboxylic acids is 8. The average Bonchev–Trinajstić information content (AvgIpc) is 3.74. The van der Waals surface area contributed by atoms with Crippen LogP contribution in [0.1, 0.15) is 87.8 Å². The van der Waals surface area contributed by atoms with Crippen molar-refractivity contribution < 1.29 is 49.3 Å². The summed E-state index contributed by atoms with van der Waals surface area (Å²) in [4.78, 5) is 111. The summed E-state index contributed by atoms with van der Waals surface area (Å²) in [6.45, 7) is 1.91. The summed E-state index contributed by atoms with van der Waals surface area (Å²) in [6, 6.07) is 11.0. The Kier molecular flexibility index (Phi) is 12.3. The van der Waals surface area contributed by atoms with Gasteiger partial charge in [0.2, 0.25) is 11.8 Å². The molecule has 8 amide bonds. The molecule has 18 heteroatoms. The van der Waals surface area contributed by atoms with Crippen molar-refractivity contribution in [3.8, 4) is 0 Å². The maximum Gasteiger partial charge on any atom is 0.280 e. The van der Waals surface area contributed by atoms with Crippen LogP contribution in [-0.4, -0.2) is 115 Å². The van der Waals surface area contributed by atoms with E-state index in [-0.39, 0.29) is 55.1 Å². The minimum absolute atomic E-state index is 0. The molecule has 54 heavy (non-hydrogen) atoms. The van der Waals surface area contributed by atoms with Crippen LogP contribution in [0.5, 0.6) is 0 Å². The second kappa shape index (κ2) is 16.6. The summed E-state index contributed by atoms with van der Waals surface area (Å²) in [5.41, 5.74) is 5.06. The summed E-state index contributed by atoms with van der Waals surface area (Å²) < 4.78 is 0. The van der Waals surface area contributed by atoms with Crippen LogP contribution in [0, 0.1) is 0 Å². The van der Waals surface area contributed by atoms with E-state index in [1.807, 2.05) is 14.1 Å². The lowest BCUT2D eigenvalue weighted by molar-refractivity contribution is -0.127. The van der Waals surface area contributed by atoms with Gasteiger partial charge in [-0.3, -0.25) is 59.2 Å². The molecule has 2 saturated heterocycles. The molecule has 4 aliphatic rings. The molecule has 8 rings (SSSR count). The first kappa shape index (κ1) is 39.9. The molecule has 0 unspecified atom stereocenters. The Hall–Kier alpha value is -6.92. The van der Waals surface area contributed by atoms with Gasteiger partial charge in [0, 0.05) is 86.7 Å². The van der Waals surface area contributed by atoms with Gasteiger partial charge in [-0.15, -0.1) is 0 Å². The highest BCUT2D eigenvalue weighted by Gasteiger charge is 2.41. The van der Waals surface area contributed by atoms with Crippen LogP contribution in [0.4, 0.5) is 0 Å². The SMILES string of the molecule is CN1CCCC1=O.CN1CCCC1=O.O.O.O=C(NN1C(=O)c2ccc3c4c(ccc(c24)C1=O)C(=O)N(NC(=O)c1ccncc1)C3=O)c1ccncc1. The maximum atomic E-state index is 13.3. The molecule has 6 heterocycles. The summed E-state index contributed by atoms with van der Waals surface area (Å²) in [5.74, 6) is -4.14. The fraction of sp³-hybridized carbons (Fsp3) is 0.222. The van der Waals surface area contributed by atoms with E-state index in [1.54, 1.807) is 9.80 Å². The highest BCUT2D eigenvalue weighted by atomic mass is 16.2. The van der Waals surface area contributed by atoms with Gasteiger partial charge in [0.05, 0.1) is 22.3 Å². The molecule has 2 aromatic carbocycles. The minimum atomic E-state index is -0.832. The van der Waals surface area contributed by atoms with E-state index in [0.29, 0.717) is 21.8 Å². The third-order valence-electron chi connectivity index (χ3n) is 8.83. The van der Waals surface area contributed by atoms with Crippen molar-refractivity contribution in [2.45, 2.75) is 25.7 Å². The molecule has 0 radical (unpaired) electrons. The second-order valence-electron chi connectivity index (χ2n) is 12.2. The maximum absolute atomic E-state index is 13.3. The highest BCUT2D eigenvalue weighted by Crippen LogP contribution is 2.37. The van der Waals surface area contributed by atoms with Crippen LogP contribution < -0.4 is 10.9 Å². The first-order chi connectivity index (χ1) is 25.0. The number of pyridine rings is 2. The Labute approximate surface area is 307 Å². The van der Waals surface area contributed by atoms with Crippen LogP contribution in [0.2, 0.25) is 0 Å². The first-order valence-electron chi connectivity index (χ1n) is 16.2. The molecule has 6 N–H and O–H groups in total. The predicted molar refractivity (Wildman–Crippen MR) is 189 cm³/mol. The Bertz CT molecular complexity index is 1940. The van der Waals surface area contributed by atoms with Crippen molar-refractivity contribution in [2.24, 2.45) is 0 Å². The monoisotopic (exact) mass is 740 g/mol. The molecule has 2 fully saturated rings. The van der Waals surface area contributed by atoms with Gasteiger partial charge < -0.3 is 20.8 Å². The largest absolute Gasteiger partial charge is 0.412 e. The van der Waals surface area contributed by atoms with Gasteiger partial charge in [-0.25, -0.2) is 0 Å². The first-order valence-corrected chi connectivity index (χ1v) is 16.2. The number of carbonyl (C=O) groups is 8. The van der Waals surface area contributed by atoms with E-state index >= 15 is 0 Å². The zero-order chi connectivity index (χ0) is 37.1. The van der Waals surface area contributed by atoms with Gasteiger partial charge in [-0.1, -0.05) is 0 Å². The molecule has 0 bridgehead atoms. The Morgan fingerprint density at radius 3 is 1.04 bits per heavy atom. The predicted octanol–water partition coefficient (Wildman–Crippen LogP) is 0.340. The van der Waals surface area contributed by atoms with Crippen molar-refractivity contribution in [2.75, 3.05) is 27.2 Å². The molecule has 0 aliphatic carbocycles. The lowest BCUT2D eigenvalue weighted by Crippen LogP contribution is -2.53. The minimum Gasteiger partial charge on any atom is -0.412 e. The number of rotatable bonds is 4. The molecule has 280 valence electrons. The fourth-order valence-corrected chi connectivity index (χ4v) is 5.98. The number of hydrazine groups is 2. The lowest BCUT2D eigenvalue weighted by Gasteiger charge is -2.31. The molecule has 4 aromatic rings. The zero-order valence-electron chi connectivity index (χ0n) is 29.1. The number of hydrogen-bond donors (Lipinski definition) is 2. The lowest BCUT2D eigenvalue weighted by atomic mass is 9.86. The molecule has 0 saturated carbocycles. The van der Waals surface area contributed by atoms with Crippen molar-refractivity contribution in [1.29, 1.82) is 0 Å².